The number of hydrogen-bond donors (Lipinski definition) is 0. The van der Waals surface area contributed by atoms with E-state index < -0.39 is 16.1 Å². The van der Waals surface area contributed by atoms with Crippen molar-refractivity contribution in [2.24, 2.45) is 17.8 Å². The zero-order valence-electron chi connectivity index (χ0n) is 20.8. The van der Waals surface area contributed by atoms with E-state index in [2.05, 4.69) is 41.5 Å². The van der Waals surface area contributed by atoms with Gasteiger partial charge in [-0.25, -0.2) is 0 Å². The Morgan fingerprint density at radius 2 is 1.40 bits per heavy atom. The second kappa shape index (κ2) is 14.5. The molecular formula is C24H50O5Ti. The fourth-order valence-electron chi connectivity index (χ4n) is 4.79. The monoisotopic (exact) mass is 466 g/mol. The Morgan fingerprint density at radius 1 is 0.833 bits per heavy atom. The average molecular weight is 467 g/mol. The first kappa shape index (κ1) is 28.4. The van der Waals surface area contributed by atoms with E-state index in [1.54, 1.807) is 0 Å². The summed E-state index contributed by atoms with van der Waals surface area (Å²) in [6, 6.07) is 0. The number of hydrogen-bond acceptors (Lipinski definition) is 5. The Balaban J connectivity index is 3.18. The molecule has 1 saturated heterocycles. The van der Waals surface area contributed by atoms with E-state index in [9.17, 15) is 3.32 Å². The summed E-state index contributed by atoms with van der Waals surface area (Å²) in [5.41, 5.74) is 0. The second-order valence-electron chi connectivity index (χ2n) is 9.65. The molecular weight excluding hydrogens is 416 g/mol. The SMILES string of the molecule is CCCCC(CC)[CH2][Ti]1(=[O])([CH2]C(CC)CCCC)[O]OCC(CC)C(CCC)O[O]1. The van der Waals surface area contributed by atoms with Crippen molar-refractivity contribution in [3.63, 3.8) is 0 Å². The predicted octanol–water partition coefficient (Wildman–Crippen LogP) is 8.23. The zero-order valence-corrected chi connectivity index (χ0v) is 22.3. The second-order valence-corrected chi connectivity index (χ2v) is 15.7. The van der Waals surface area contributed by atoms with Gasteiger partial charge in [0.25, 0.3) is 0 Å². The summed E-state index contributed by atoms with van der Waals surface area (Å²) in [7, 11) is 0. The van der Waals surface area contributed by atoms with Gasteiger partial charge in [-0.15, -0.1) is 0 Å². The van der Waals surface area contributed by atoms with E-state index >= 15 is 0 Å². The van der Waals surface area contributed by atoms with Gasteiger partial charge in [0.1, 0.15) is 0 Å². The standard InChI is InChI=1S/C8H18O4.2C8H17.O.Ti/c1-3-5-8(12-10)7(4-2)6-11-9;2*1-4-6-7-8(3)5-2;;/h7-10H,3-6H2,1-2H3;2*8H,3-7H2,1-2H3;;/q;;;;+2/p-2. The van der Waals surface area contributed by atoms with Crippen molar-refractivity contribution in [2.75, 3.05) is 6.61 Å². The summed E-state index contributed by atoms with van der Waals surface area (Å²) in [4.78, 5) is 11.8. The fraction of sp³-hybridized carbons (Fsp3) is 1.00. The van der Waals surface area contributed by atoms with E-state index in [-0.39, 0.29) is 12.0 Å². The molecule has 0 spiro atoms. The van der Waals surface area contributed by atoms with Crippen LogP contribution in [0.1, 0.15) is 112 Å². The van der Waals surface area contributed by atoms with Crippen LogP contribution in [0.5, 0.6) is 0 Å². The van der Waals surface area contributed by atoms with Crippen molar-refractivity contribution >= 4 is 0 Å². The van der Waals surface area contributed by atoms with Gasteiger partial charge in [0.2, 0.25) is 0 Å². The first-order chi connectivity index (χ1) is 14.4. The molecule has 0 bridgehead atoms. The van der Waals surface area contributed by atoms with Crippen molar-refractivity contribution in [2.45, 2.75) is 128 Å². The van der Waals surface area contributed by atoms with Gasteiger partial charge in [-0.2, -0.15) is 0 Å². The quantitative estimate of drug-likeness (QED) is 0.180. The van der Waals surface area contributed by atoms with Crippen LogP contribution < -0.4 is 0 Å². The Bertz CT molecular complexity index is 488. The van der Waals surface area contributed by atoms with Crippen molar-refractivity contribution in [1.29, 1.82) is 0 Å². The van der Waals surface area contributed by atoms with Crippen LogP contribution >= 0.6 is 0 Å². The molecule has 4 atom stereocenters. The average Bonchev–Trinajstić information content (AvgIpc) is 2.74. The number of rotatable bonds is 15. The minimum absolute atomic E-state index is 0.0905. The van der Waals surface area contributed by atoms with Crippen molar-refractivity contribution in [3.05, 3.63) is 0 Å². The normalized spacial score (nSPS) is 25.7. The van der Waals surface area contributed by atoms with Crippen LogP contribution in [0, 0.1) is 17.8 Å². The van der Waals surface area contributed by atoms with Gasteiger partial charge < -0.3 is 0 Å². The molecule has 4 unspecified atom stereocenters. The van der Waals surface area contributed by atoms with Crippen LogP contribution in [0.4, 0.5) is 0 Å². The zero-order chi connectivity index (χ0) is 22.5. The molecule has 6 heteroatoms. The summed E-state index contributed by atoms with van der Waals surface area (Å²) in [5.74, 6) is 0.807. The van der Waals surface area contributed by atoms with E-state index in [1.807, 2.05) is 0 Å². The van der Waals surface area contributed by atoms with Crippen LogP contribution in [0.15, 0.2) is 0 Å². The molecule has 180 valence electrons. The van der Waals surface area contributed by atoms with Crippen molar-refractivity contribution < 1.29 is 36.1 Å². The van der Waals surface area contributed by atoms with Crippen LogP contribution in [0.25, 0.3) is 0 Å². The van der Waals surface area contributed by atoms with Gasteiger partial charge >= 0.3 is 188 Å². The van der Waals surface area contributed by atoms with Gasteiger partial charge in [-0.05, 0) is 0 Å². The maximum absolute atomic E-state index is 14.8. The Kier molecular flexibility index (Phi) is 13.7. The molecule has 0 saturated carbocycles. The van der Waals surface area contributed by atoms with Crippen LogP contribution in [-0.4, -0.2) is 12.7 Å². The summed E-state index contributed by atoms with van der Waals surface area (Å²) >= 11 is -5.20. The summed E-state index contributed by atoms with van der Waals surface area (Å²) < 4.78 is 27.7. The third kappa shape index (κ3) is 9.07. The molecule has 0 aromatic carbocycles. The molecule has 1 fully saturated rings. The van der Waals surface area contributed by atoms with Crippen molar-refractivity contribution in [3.8, 4) is 0 Å². The Morgan fingerprint density at radius 3 is 1.83 bits per heavy atom. The first-order valence-corrected chi connectivity index (χ1v) is 17.0. The van der Waals surface area contributed by atoms with Crippen LogP contribution in [0.3, 0.4) is 0 Å². The van der Waals surface area contributed by atoms with Crippen molar-refractivity contribution in [1.82, 2.24) is 0 Å². The molecule has 1 aliphatic heterocycles. The van der Waals surface area contributed by atoms with Crippen LogP contribution in [0.2, 0.25) is 9.45 Å². The van der Waals surface area contributed by atoms with Gasteiger partial charge in [-0.1, -0.05) is 0 Å². The fourth-order valence-corrected chi connectivity index (χ4v) is 11.6. The van der Waals surface area contributed by atoms with Gasteiger partial charge in [0.05, 0.1) is 0 Å². The van der Waals surface area contributed by atoms with Crippen LogP contribution in [-0.2, 0) is 36.1 Å². The molecule has 1 rings (SSSR count). The summed E-state index contributed by atoms with van der Waals surface area (Å²) in [6.07, 6.45) is 11.3. The van der Waals surface area contributed by atoms with Gasteiger partial charge in [-0.3, -0.25) is 0 Å². The van der Waals surface area contributed by atoms with E-state index in [0.29, 0.717) is 27.9 Å². The molecule has 1 aliphatic rings. The topological polar surface area (TPSA) is 54.0 Å². The molecule has 0 radical (unpaired) electrons. The van der Waals surface area contributed by atoms with E-state index in [0.717, 1.165) is 70.6 Å². The molecule has 5 nitrogen and oxygen atoms in total. The van der Waals surface area contributed by atoms with Gasteiger partial charge in [0, 0.05) is 0 Å². The molecule has 0 aliphatic carbocycles. The first-order valence-electron chi connectivity index (χ1n) is 12.9. The molecule has 0 amide bonds. The van der Waals surface area contributed by atoms with E-state index in [4.69, 9.17) is 16.7 Å². The minimum atomic E-state index is -5.20. The third-order valence-electron chi connectivity index (χ3n) is 6.96. The molecule has 0 N–H and O–H groups in total. The third-order valence-corrected chi connectivity index (χ3v) is 12.7. The number of unbranched alkanes of at least 4 members (excludes halogenated alkanes) is 2. The molecule has 1 heterocycles. The molecule has 0 aromatic rings. The molecule has 0 aromatic heterocycles. The van der Waals surface area contributed by atoms with E-state index in [1.165, 1.54) is 0 Å². The Labute approximate surface area is 188 Å². The Hall–Kier alpha value is 0.354. The summed E-state index contributed by atoms with van der Waals surface area (Å²) in [5, 5.41) is 0. The maximum atomic E-state index is 14.8. The summed E-state index contributed by atoms with van der Waals surface area (Å²) in [6.45, 7) is 13.4. The molecule has 30 heavy (non-hydrogen) atoms. The van der Waals surface area contributed by atoms with Gasteiger partial charge in [0.15, 0.2) is 0 Å². The predicted molar refractivity (Wildman–Crippen MR) is 119 cm³/mol.